The Morgan fingerprint density at radius 2 is 2.23 bits per heavy atom. The van der Waals surface area contributed by atoms with Crippen LogP contribution in [0.2, 0.25) is 0 Å². The molecular formula is C7H9N3O3. The molecule has 0 fully saturated rings. The van der Waals surface area contributed by atoms with Gasteiger partial charge in [0.05, 0.1) is 0 Å². The lowest BCUT2D eigenvalue weighted by Crippen LogP contribution is -2.20. The van der Waals surface area contributed by atoms with Crippen molar-refractivity contribution >= 4 is 11.9 Å². The van der Waals surface area contributed by atoms with Crippen LogP contribution >= 0.6 is 0 Å². The van der Waals surface area contributed by atoms with Gasteiger partial charge in [0, 0.05) is 20.2 Å². The maximum atomic E-state index is 11.1. The first-order valence-corrected chi connectivity index (χ1v) is 3.55. The van der Waals surface area contributed by atoms with Crippen LogP contribution in [0.1, 0.15) is 21.0 Å². The summed E-state index contributed by atoms with van der Waals surface area (Å²) >= 11 is 0. The van der Waals surface area contributed by atoms with E-state index in [2.05, 4.69) is 10.4 Å². The van der Waals surface area contributed by atoms with Crippen LogP contribution in [-0.2, 0) is 7.05 Å². The van der Waals surface area contributed by atoms with E-state index in [-0.39, 0.29) is 17.3 Å². The Bertz CT molecular complexity index is 356. The summed E-state index contributed by atoms with van der Waals surface area (Å²) in [6.07, 6.45) is 0. The summed E-state index contributed by atoms with van der Waals surface area (Å²) in [7, 11) is 2.98. The fourth-order valence-electron chi connectivity index (χ4n) is 0.912. The summed E-state index contributed by atoms with van der Waals surface area (Å²) in [5.74, 6) is -1.51. The summed E-state index contributed by atoms with van der Waals surface area (Å²) in [6, 6.07) is 1.22. The number of nitrogens with one attached hydrogen (secondary N) is 1. The molecule has 0 aliphatic heterocycles. The van der Waals surface area contributed by atoms with Gasteiger partial charge in [0.25, 0.3) is 5.91 Å². The van der Waals surface area contributed by atoms with Crippen molar-refractivity contribution in [2.45, 2.75) is 0 Å². The summed E-state index contributed by atoms with van der Waals surface area (Å²) in [5.41, 5.74) is 0.0843. The van der Waals surface area contributed by atoms with Crippen molar-refractivity contribution in [2.24, 2.45) is 7.05 Å². The second-order valence-electron chi connectivity index (χ2n) is 2.42. The third-order valence-corrected chi connectivity index (χ3v) is 1.56. The minimum Gasteiger partial charge on any atom is -0.476 e. The number of aromatic nitrogens is 2. The third-order valence-electron chi connectivity index (χ3n) is 1.56. The van der Waals surface area contributed by atoms with Gasteiger partial charge in [-0.1, -0.05) is 0 Å². The van der Waals surface area contributed by atoms with Gasteiger partial charge in [-0.15, -0.1) is 0 Å². The average Bonchev–Trinajstić information content (AvgIpc) is 2.46. The van der Waals surface area contributed by atoms with Crippen LogP contribution in [0.5, 0.6) is 0 Å². The Kier molecular flexibility index (Phi) is 2.32. The SMILES string of the molecule is CNC(=O)c1cc(C(=O)O)nn1C. The number of aromatic carboxylic acids is 1. The number of nitrogens with zero attached hydrogens (tertiary/aromatic N) is 2. The second kappa shape index (κ2) is 3.26. The minimum absolute atomic E-state index is 0.138. The third kappa shape index (κ3) is 1.66. The Morgan fingerprint density at radius 1 is 1.62 bits per heavy atom. The molecule has 1 aromatic heterocycles. The standard InChI is InChI=1S/C7H9N3O3/c1-8-6(11)5-3-4(7(12)13)9-10(5)2/h3H,1-2H3,(H,8,11)(H,12,13). The van der Waals surface area contributed by atoms with Crippen molar-refractivity contribution in [1.29, 1.82) is 0 Å². The second-order valence-corrected chi connectivity index (χ2v) is 2.42. The Balaban J connectivity index is 3.10. The summed E-state index contributed by atoms with van der Waals surface area (Å²) in [4.78, 5) is 21.6. The number of carboxylic acid groups (broad SMARTS) is 1. The number of rotatable bonds is 2. The van der Waals surface area contributed by atoms with Gasteiger partial charge in [-0.05, 0) is 0 Å². The molecule has 0 aromatic carbocycles. The number of carbonyl (C=O) groups is 2. The van der Waals surface area contributed by atoms with Crippen LogP contribution in [0.4, 0.5) is 0 Å². The molecule has 1 rings (SSSR count). The van der Waals surface area contributed by atoms with Crippen LogP contribution in [0.15, 0.2) is 6.07 Å². The highest BCUT2D eigenvalue weighted by molar-refractivity contribution is 5.95. The van der Waals surface area contributed by atoms with Crippen molar-refractivity contribution in [1.82, 2.24) is 15.1 Å². The number of aryl methyl sites for hydroxylation is 1. The van der Waals surface area contributed by atoms with Gasteiger partial charge in [0.1, 0.15) is 5.69 Å². The molecule has 70 valence electrons. The summed E-state index contributed by atoms with van der Waals surface area (Å²) in [5, 5.41) is 14.6. The van der Waals surface area contributed by atoms with Gasteiger partial charge < -0.3 is 10.4 Å². The lowest BCUT2D eigenvalue weighted by Gasteiger charge is -1.97. The van der Waals surface area contributed by atoms with E-state index in [4.69, 9.17) is 5.11 Å². The number of hydrogen-bond acceptors (Lipinski definition) is 3. The molecule has 0 aliphatic rings. The van der Waals surface area contributed by atoms with E-state index in [1.165, 1.54) is 24.8 Å². The van der Waals surface area contributed by atoms with E-state index >= 15 is 0 Å². The molecule has 6 heteroatoms. The van der Waals surface area contributed by atoms with Gasteiger partial charge in [0.15, 0.2) is 5.69 Å². The van der Waals surface area contributed by atoms with Crippen LogP contribution in [0.3, 0.4) is 0 Å². The lowest BCUT2D eigenvalue weighted by atomic mass is 10.3. The van der Waals surface area contributed by atoms with Crippen molar-refractivity contribution in [3.63, 3.8) is 0 Å². The van der Waals surface area contributed by atoms with Crippen LogP contribution < -0.4 is 5.32 Å². The zero-order valence-corrected chi connectivity index (χ0v) is 7.24. The molecule has 0 spiro atoms. The highest BCUT2D eigenvalue weighted by Gasteiger charge is 2.15. The topological polar surface area (TPSA) is 84.2 Å². The smallest absolute Gasteiger partial charge is 0.356 e. The number of hydrogen-bond donors (Lipinski definition) is 2. The Labute approximate surface area is 74.2 Å². The average molecular weight is 183 g/mol. The maximum Gasteiger partial charge on any atom is 0.356 e. The molecule has 0 unspecified atom stereocenters. The molecule has 0 atom stereocenters. The van der Waals surface area contributed by atoms with Crippen molar-refractivity contribution in [2.75, 3.05) is 7.05 Å². The van der Waals surface area contributed by atoms with Gasteiger partial charge in [0.2, 0.25) is 0 Å². The monoisotopic (exact) mass is 183 g/mol. The molecule has 0 radical (unpaired) electrons. The summed E-state index contributed by atoms with van der Waals surface area (Å²) in [6.45, 7) is 0. The molecule has 13 heavy (non-hydrogen) atoms. The Morgan fingerprint density at radius 3 is 2.62 bits per heavy atom. The van der Waals surface area contributed by atoms with Crippen LogP contribution in [0, 0.1) is 0 Å². The normalized spacial score (nSPS) is 9.69. The molecule has 0 saturated carbocycles. The van der Waals surface area contributed by atoms with Gasteiger partial charge in [-0.25, -0.2) is 4.79 Å². The van der Waals surface area contributed by atoms with E-state index in [1.54, 1.807) is 0 Å². The first kappa shape index (κ1) is 9.24. The molecule has 1 heterocycles. The van der Waals surface area contributed by atoms with Crippen LogP contribution in [-0.4, -0.2) is 33.8 Å². The molecule has 1 aromatic rings. The molecule has 1 amide bonds. The van der Waals surface area contributed by atoms with Crippen molar-refractivity contribution in [3.05, 3.63) is 17.5 Å². The van der Waals surface area contributed by atoms with E-state index in [0.29, 0.717) is 0 Å². The van der Waals surface area contributed by atoms with E-state index in [1.807, 2.05) is 0 Å². The fourth-order valence-corrected chi connectivity index (χ4v) is 0.912. The van der Waals surface area contributed by atoms with Gasteiger partial charge in [-0.2, -0.15) is 5.10 Å². The molecule has 6 nitrogen and oxygen atoms in total. The van der Waals surface area contributed by atoms with Gasteiger partial charge >= 0.3 is 5.97 Å². The van der Waals surface area contributed by atoms with Crippen LogP contribution in [0.25, 0.3) is 0 Å². The first-order chi connectivity index (χ1) is 6.06. The lowest BCUT2D eigenvalue weighted by molar-refractivity contribution is 0.0689. The molecular weight excluding hydrogens is 174 g/mol. The first-order valence-electron chi connectivity index (χ1n) is 3.55. The van der Waals surface area contributed by atoms with Gasteiger partial charge in [-0.3, -0.25) is 9.48 Å². The zero-order chi connectivity index (χ0) is 10.0. The highest BCUT2D eigenvalue weighted by Crippen LogP contribution is 2.02. The number of amides is 1. The number of carbonyl (C=O) groups excluding carboxylic acids is 1. The summed E-state index contributed by atoms with van der Waals surface area (Å²) < 4.78 is 1.22. The maximum absolute atomic E-state index is 11.1. The van der Waals surface area contributed by atoms with E-state index in [9.17, 15) is 9.59 Å². The number of carboxylic acids is 1. The molecule has 2 N–H and O–H groups in total. The molecule has 0 saturated heterocycles. The zero-order valence-electron chi connectivity index (χ0n) is 7.24. The largest absolute Gasteiger partial charge is 0.476 e. The van der Waals surface area contributed by atoms with Crippen molar-refractivity contribution < 1.29 is 14.7 Å². The highest BCUT2D eigenvalue weighted by atomic mass is 16.4. The molecule has 0 bridgehead atoms. The van der Waals surface area contributed by atoms with E-state index < -0.39 is 5.97 Å². The molecule has 0 aliphatic carbocycles. The van der Waals surface area contributed by atoms with Crippen molar-refractivity contribution in [3.8, 4) is 0 Å². The quantitative estimate of drug-likeness (QED) is 0.646. The predicted octanol–water partition coefficient (Wildman–Crippen LogP) is -0.522. The predicted molar refractivity (Wildman–Crippen MR) is 43.6 cm³/mol. The Hall–Kier alpha value is -1.85. The van der Waals surface area contributed by atoms with E-state index in [0.717, 1.165) is 0 Å². The fraction of sp³-hybridized carbons (Fsp3) is 0.286. The minimum atomic E-state index is -1.15.